The summed E-state index contributed by atoms with van der Waals surface area (Å²) in [7, 11) is 1.67. The number of amides is 2. The van der Waals surface area contributed by atoms with E-state index < -0.39 is 0 Å². The van der Waals surface area contributed by atoms with Gasteiger partial charge in [-0.05, 0) is 49.6 Å². The molecule has 3 N–H and O–H groups in total. The molecule has 1 aromatic heterocycles. The van der Waals surface area contributed by atoms with Crippen LogP contribution >= 0.6 is 11.8 Å². The molecule has 0 atom stereocenters. The zero-order valence-corrected chi connectivity index (χ0v) is 17.3. The first-order chi connectivity index (χ1) is 14.1. The van der Waals surface area contributed by atoms with Crippen LogP contribution in [0.25, 0.3) is 6.08 Å². The lowest BCUT2D eigenvalue weighted by Crippen LogP contribution is -2.38. The molecule has 1 aliphatic carbocycles. The largest absolute Gasteiger partial charge is 0.382 e. The Morgan fingerprint density at radius 3 is 2.72 bits per heavy atom. The first kappa shape index (κ1) is 21.7. The fraction of sp³-hybridized carbons (Fsp3) is 0.579. The molecule has 158 valence electrons. The first-order valence-electron chi connectivity index (χ1n) is 9.78. The molecule has 1 saturated heterocycles. The monoisotopic (exact) mass is 421 g/mol. The van der Waals surface area contributed by atoms with Gasteiger partial charge in [-0.25, -0.2) is 9.97 Å². The highest BCUT2D eigenvalue weighted by molar-refractivity contribution is 8.18. The van der Waals surface area contributed by atoms with Crippen molar-refractivity contribution in [2.75, 3.05) is 38.8 Å². The summed E-state index contributed by atoms with van der Waals surface area (Å²) in [6, 6.07) is 2.54. The highest BCUT2D eigenvalue weighted by Crippen LogP contribution is 2.25. The zero-order valence-electron chi connectivity index (χ0n) is 16.5. The van der Waals surface area contributed by atoms with Gasteiger partial charge in [-0.2, -0.15) is 0 Å². The molecule has 1 saturated carbocycles. The Bertz CT molecular complexity index is 737. The molecule has 0 spiro atoms. The van der Waals surface area contributed by atoms with E-state index in [9.17, 15) is 9.59 Å². The molecule has 10 heteroatoms. The van der Waals surface area contributed by atoms with Gasteiger partial charge in [-0.1, -0.05) is 0 Å². The van der Waals surface area contributed by atoms with Crippen LogP contribution in [0.15, 0.2) is 17.2 Å². The van der Waals surface area contributed by atoms with Crippen molar-refractivity contribution in [3.8, 4) is 0 Å². The lowest BCUT2D eigenvalue weighted by Gasteiger charge is -2.29. The van der Waals surface area contributed by atoms with E-state index in [1.54, 1.807) is 25.4 Å². The number of nitrogens with zero attached hydrogens (tertiary/aromatic N) is 2. The van der Waals surface area contributed by atoms with Crippen LogP contribution < -0.4 is 16.0 Å². The van der Waals surface area contributed by atoms with E-state index in [1.807, 2.05) is 0 Å². The molecule has 2 fully saturated rings. The van der Waals surface area contributed by atoms with Crippen molar-refractivity contribution >= 4 is 34.9 Å². The van der Waals surface area contributed by atoms with E-state index in [2.05, 4.69) is 25.9 Å². The lowest BCUT2D eigenvalue weighted by molar-refractivity contribution is -0.115. The van der Waals surface area contributed by atoms with Crippen molar-refractivity contribution in [2.45, 2.75) is 37.8 Å². The molecule has 29 heavy (non-hydrogen) atoms. The van der Waals surface area contributed by atoms with E-state index in [1.165, 1.54) is 0 Å². The summed E-state index contributed by atoms with van der Waals surface area (Å²) in [4.78, 5) is 32.0. The number of hydrogen-bond donors (Lipinski definition) is 3. The van der Waals surface area contributed by atoms with Gasteiger partial charge in [0.1, 0.15) is 0 Å². The molecule has 3 rings (SSSR count). The van der Waals surface area contributed by atoms with Crippen LogP contribution in [0.1, 0.15) is 31.4 Å². The van der Waals surface area contributed by atoms with E-state index in [0.717, 1.165) is 44.0 Å². The topological polar surface area (TPSA) is 114 Å². The standard InChI is InChI=1S/C19H27N5O4S/c1-27-10-11-28-9-8-20-13-2-4-14(5-3-13)22-18-21-7-6-15(23-18)12-16-17(25)24-19(26)29-16/h6-7,12-14,20H,2-5,8-11H2,1H3,(H,21,22,23)(H,24,25,26)/b16-12-. The average Bonchev–Trinajstić information content (AvgIpc) is 3.03. The number of hydrogen-bond acceptors (Lipinski definition) is 9. The predicted octanol–water partition coefficient (Wildman–Crippen LogP) is 1.78. The maximum absolute atomic E-state index is 11.7. The SMILES string of the molecule is COCCOCCNC1CCC(Nc2nccc(/C=C3\SC(=O)NC3=O)n2)CC1. The van der Waals surface area contributed by atoms with Crippen LogP contribution in [0.4, 0.5) is 10.7 Å². The molecule has 0 bridgehead atoms. The Hall–Kier alpha value is -2.01. The highest BCUT2D eigenvalue weighted by Gasteiger charge is 2.25. The third-order valence-electron chi connectivity index (χ3n) is 4.77. The molecule has 2 aliphatic rings. The number of carbonyl (C=O) groups excluding carboxylic acids is 2. The molecule has 0 radical (unpaired) electrons. The second kappa shape index (κ2) is 11.2. The highest BCUT2D eigenvalue weighted by atomic mass is 32.2. The second-order valence-electron chi connectivity index (χ2n) is 6.91. The van der Waals surface area contributed by atoms with Crippen molar-refractivity contribution in [2.24, 2.45) is 0 Å². The first-order valence-corrected chi connectivity index (χ1v) is 10.6. The van der Waals surface area contributed by atoms with E-state index in [-0.39, 0.29) is 11.1 Å². The van der Waals surface area contributed by atoms with E-state index >= 15 is 0 Å². The van der Waals surface area contributed by atoms with Crippen LogP contribution in [0.5, 0.6) is 0 Å². The van der Waals surface area contributed by atoms with Gasteiger partial charge in [0.25, 0.3) is 11.1 Å². The van der Waals surface area contributed by atoms with Gasteiger partial charge in [0.2, 0.25) is 5.95 Å². The minimum absolute atomic E-state index is 0.319. The van der Waals surface area contributed by atoms with Gasteiger partial charge in [0, 0.05) is 31.9 Å². The minimum atomic E-state index is -0.386. The van der Waals surface area contributed by atoms with Crippen molar-refractivity contribution in [3.63, 3.8) is 0 Å². The molecule has 9 nitrogen and oxygen atoms in total. The summed E-state index contributed by atoms with van der Waals surface area (Å²) >= 11 is 0.881. The number of imide groups is 1. The Labute approximate surface area is 174 Å². The summed E-state index contributed by atoms with van der Waals surface area (Å²) in [6.45, 7) is 2.80. The third-order valence-corrected chi connectivity index (χ3v) is 5.58. The molecular weight excluding hydrogens is 394 g/mol. The van der Waals surface area contributed by atoms with Gasteiger partial charge < -0.3 is 20.1 Å². The molecule has 1 aromatic rings. The van der Waals surface area contributed by atoms with Crippen LogP contribution in [-0.4, -0.2) is 66.7 Å². The normalized spacial score (nSPS) is 23.4. The summed E-state index contributed by atoms with van der Waals surface area (Å²) in [6.07, 6.45) is 7.48. The van der Waals surface area contributed by atoms with Gasteiger partial charge in [-0.15, -0.1) is 0 Å². The Morgan fingerprint density at radius 2 is 2.00 bits per heavy atom. The van der Waals surface area contributed by atoms with Crippen LogP contribution in [0.3, 0.4) is 0 Å². The minimum Gasteiger partial charge on any atom is -0.382 e. The number of aromatic nitrogens is 2. The predicted molar refractivity (Wildman–Crippen MR) is 112 cm³/mol. The van der Waals surface area contributed by atoms with Gasteiger partial charge >= 0.3 is 0 Å². The molecule has 0 aromatic carbocycles. The maximum Gasteiger partial charge on any atom is 0.290 e. The fourth-order valence-corrected chi connectivity index (χ4v) is 3.95. The van der Waals surface area contributed by atoms with Crippen molar-refractivity contribution in [1.29, 1.82) is 0 Å². The van der Waals surface area contributed by atoms with Crippen LogP contribution in [-0.2, 0) is 14.3 Å². The van der Waals surface area contributed by atoms with Gasteiger partial charge in [0.05, 0.1) is 30.4 Å². The van der Waals surface area contributed by atoms with Crippen molar-refractivity contribution in [3.05, 3.63) is 22.9 Å². The summed E-state index contributed by atoms with van der Waals surface area (Å²) in [5, 5.41) is 8.80. The number of carbonyl (C=O) groups is 2. The Kier molecular flexibility index (Phi) is 8.41. The Balaban J connectivity index is 1.41. The summed E-state index contributed by atoms with van der Waals surface area (Å²) < 4.78 is 10.4. The number of nitrogens with one attached hydrogen (secondary N) is 3. The maximum atomic E-state index is 11.7. The average molecular weight is 422 g/mol. The molecule has 2 amide bonds. The zero-order chi connectivity index (χ0) is 20.5. The Morgan fingerprint density at radius 1 is 1.21 bits per heavy atom. The smallest absolute Gasteiger partial charge is 0.290 e. The molecule has 0 unspecified atom stereocenters. The van der Waals surface area contributed by atoms with Gasteiger partial charge in [0.15, 0.2) is 0 Å². The lowest BCUT2D eigenvalue weighted by atomic mass is 9.91. The number of methoxy groups -OCH3 is 1. The van der Waals surface area contributed by atoms with E-state index in [0.29, 0.717) is 48.5 Å². The van der Waals surface area contributed by atoms with Crippen molar-refractivity contribution in [1.82, 2.24) is 20.6 Å². The second-order valence-corrected chi connectivity index (χ2v) is 7.92. The number of thioether (sulfide) groups is 1. The van der Waals surface area contributed by atoms with Crippen LogP contribution in [0, 0.1) is 0 Å². The third kappa shape index (κ3) is 7.07. The molecule has 1 aliphatic heterocycles. The number of rotatable bonds is 10. The number of anilines is 1. The summed E-state index contributed by atoms with van der Waals surface area (Å²) in [5.41, 5.74) is 0.596. The summed E-state index contributed by atoms with van der Waals surface area (Å²) in [5.74, 6) is 0.153. The molecular formula is C19H27N5O4S. The quantitative estimate of drug-likeness (QED) is 0.384. The van der Waals surface area contributed by atoms with E-state index in [4.69, 9.17) is 9.47 Å². The van der Waals surface area contributed by atoms with Gasteiger partial charge in [-0.3, -0.25) is 14.9 Å². The fourth-order valence-electron chi connectivity index (χ4n) is 3.28. The number of ether oxygens (including phenoxy) is 2. The van der Waals surface area contributed by atoms with Crippen molar-refractivity contribution < 1.29 is 19.1 Å². The van der Waals surface area contributed by atoms with Crippen LogP contribution in [0.2, 0.25) is 0 Å². The molecule has 2 heterocycles.